The molecule has 0 fully saturated rings. The topological polar surface area (TPSA) is 127 Å². The van der Waals surface area contributed by atoms with Gasteiger partial charge in [-0.3, -0.25) is 0 Å². The van der Waals surface area contributed by atoms with Crippen LogP contribution >= 0.6 is 0 Å². The lowest BCUT2D eigenvalue weighted by atomic mass is 9.85. The Balaban J connectivity index is 2.46. The minimum atomic E-state index is -1.09. The van der Waals surface area contributed by atoms with Crippen LogP contribution in [-0.2, 0) is 0 Å². The monoisotopic (exact) mass is 362 g/mol. The number of benzene rings is 3. The molecule has 136 valence electrons. The van der Waals surface area contributed by atoms with E-state index in [1.54, 1.807) is 49.4 Å². The summed E-state index contributed by atoms with van der Waals surface area (Å²) in [7, 11) is 0. The van der Waals surface area contributed by atoms with Crippen LogP contribution in [0.3, 0.4) is 0 Å². The Labute approximate surface area is 155 Å². The molecule has 0 atom stereocenters. The van der Waals surface area contributed by atoms with Crippen molar-refractivity contribution in [2.45, 2.75) is 6.92 Å². The van der Waals surface area contributed by atoms with Gasteiger partial charge in [0.25, 0.3) is 0 Å². The smallest absolute Gasteiger partial charge is 0.336 e. The summed E-state index contributed by atoms with van der Waals surface area (Å²) in [5, 5.41) is 19.2. The Kier molecular flexibility index (Phi) is 4.56. The Morgan fingerprint density at radius 3 is 1.81 bits per heavy atom. The van der Waals surface area contributed by atoms with Crippen molar-refractivity contribution in [2.24, 2.45) is 0 Å². The van der Waals surface area contributed by atoms with E-state index >= 15 is 0 Å². The third kappa shape index (κ3) is 3.08. The molecule has 3 aromatic rings. The summed E-state index contributed by atoms with van der Waals surface area (Å²) in [4.78, 5) is 23.4. The molecule has 0 amide bonds. The first-order chi connectivity index (χ1) is 12.8. The van der Waals surface area contributed by atoms with E-state index in [-0.39, 0.29) is 11.1 Å². The molecule has 0 heterocycles. The molecular weight excluding hydrogens is 344 g/mol. The highest BCUT2D eigenvalue weighted by molar-refractivity contribution is 6.05. The van der Waals surface area contributed by atoms with E-state index in [4.69, 9.17) is 11.5 Å². The number of rotatable bonds is 4. The molecule has 0 unspecified atom stereocenters. The molecule has 27 heavy (non-hydrogen) atoms. The van der Waals surface area contributed by atoms with E-state index < -0.39 is 11.9 Å². The van der Waals surface area contributed by atoms with Crippen LogP contribution in [0.4, 0.5) is 11.4 Å². The average molecular weight is 362 g/mol. The fraction of sp³-hybridized carbons (Fsp3) is 0.0476. The van der Waals surface area contributed by atoms with Gasteiger partial charge >= 0.3 is 11.9 Å². The molecule has 6 N–H and O–H groups in total. The number of carboxylic acids is 2. The quantitative estimate of drug-likeness (QED) is 0.522. The van der Waals surface area contributed by atoms with E-state index in [1.165, 1.54) is 12.1 Å². The normalized spacial score (nSPS) is 10.6. The first kappa shape index (κ1) is 18.0. The Bertz CT molecular complexity index is 1070. The van der Waals surface area contributed by atoms with Crippen LogP contribution in [0.1, 0.15) is 26.3 Å². The lowest BCUT2D eigenvalue weighted by Crippen LogP contribution is -2.06. The number of anilines is 2. The number of carbonyl (C=O) groups is 2. The van der Waals surface area contributed by atoms with Crippen molar-refractivity contribution < 1.29 is 19.8 Å². The largest absolute Gasteiger partial charge is 0.478 e. The lowest BCUT2D eigenvalue weighted by molar-refractivity contribution is 0.0686. The van der Waals surface area contributed by atoms with Gasteiger partial charge in [0.2, 0.25) is 0 Å². The fourth-order valence-electron chi connectivity index (χ4n) is 3.21. The van der Waals surface area contributed by atoms with E-state index in [2.05, 4.69) is 0 Å². The van der Waals surface area contributed by atoms with E-state index in [0.717, 1.165) is 0 Å². The molecule has 0 aliphatic heterocycles. The number of hydrogen-bond donors (Lipinski definition) is 4. The molecule has 3 aromatic carbocycles. The first-order valence-electron chi connectivity index (χ1n) is 8.16. The van der Waals surface area contributed by atoms with Crippen LogP contribution in [0.25, 0.3) is 22.3 Å². The highest BCUT2D eigenvalue weighted by atomic mass is 16.4. The minimum absolute atomic E-state index is 0.0927. The molecule has 0 saturated carbocycles. The summed E-state index contributed by atoms with van der Waals surface area (Å²) >= 11 is 0. The van der Waals surface area contributed by atoms with Gasteiger partial charge in [-0.25, -0.2) is 9.59 Å². The van der Waals surface area contributed by atoms with Crippen molar-refractivity contribution in [1.82, 2.24) is 0 Å². The maximum Gasteiger partial charge on any atom is 0.336 e. The van der Waals surface area contributed by atoms with Gasteiger partial charge in [-0.2, -0.15) is 0 Å². The molecule has 0 bridgehead atoms. The lowest BCUT2D eigenvalue weighted by Gasteiger charge is -2.19. The number of nitrogens with two attached hydrogens (primary N) is 2. The Morgan fingerprint density at radius 2 is 1.26 bits per heavy atom. The second-order valence-electron chi connectivity index (χ2n) is 6.13. The summed E-state index contributed by atoms with van der Waals surface area (Å²) in [6.45, 7) is 1.74. The van der Waals surface area contributed by atoms with Crippen molar-refractivity contribution in [3.63, 3.8) is 0 Å². The van der Waals surface area contributed by atoms with Crippen LogP contribution < -0.4 is 11.5 Å². The zero-order valence-electron chi connectivity index (χ0n) is 14.6. The van der Waals surface area contributed by atoms with Gasteiger partial charge in [0.1, 0.15) is 0 Å². The van der Waals surface area contributed by atoms with E-state index in [1.807, 2.05) is 0 Å². The Morgan fingerprint density at radius 1 is 0.778 bits per heavy atom. The SMILES string of the molecule is Cc1c(N)c(N)cc(-c2ccccc2C(=O)O)c1-c1ccccc1C(=O)O. The maximum absolute atomic E-state index is 11.7. The molecule has 0 aliphatic carbocycles. The molecule has 0 saturated heterocycles. The maximum atomic E-state index is 11.7. The molecule has 3 rings (SSSR count). The number of nitrogen functional groups attached to an aromatic ring is 2. The van der Waals surface area contributed by atoms with Gasteiger partial charge in [-0.1, -0.05) is 36.4 Å². The zero-order valence-corrected chi connectivity index (χ0v) is 14.6. The van der Waals surface area contributed by atoms with Gasteiger partial charge in [0.15, 0.2) is 0 Å². The molecule has 0 spiro atoms. The number of hydrogen-bond acceptors (Lipinski definition) is 4. The molecule has 0 aromatic heterocycles. The van der Waals surface area contributed by atoms with Crippen LogP contribution in [0.5, 0.6) is 0 Å². The predicted molar refractivity (Wildman–Crippen MR) is 105 cm³/mol. The molecular formula is C21H18N2O4. The van der Waals surface area contributed by atoms with E-state index in [0.29, 0.717) is 39.2 Å². The second kappa shape index (κ2) is 6.84. The third-order valence-electron chi connectivity index (χ3n) is 4.53. The highest BCUT2D eigenvalue weighted by Gasteiger charge is 2.22. The summed E-state index contributed by atoms with van der Waals surface area (Å²) in [5.74, 6) is -2.17. The molecule has 6 nitrogen and oxygen atoms in total. The number of carboxylic acid groups (broad SMARTS) is 2. The number of aromatic carboxylic acids is 2. The van der Waals surface area contributed by atoms with Crippen LogP contribution in [0.15, 0.2) is 54.6 Å². The van der Waals surface area contributed by atoms with E-state index in [9.17, 15) is 19.8 Å². The predicted octanol–water partition coefficient (Wildman–Crippen LogP) is 3.89. The van der Waals surface area contributed by atoms with Crippen LogP contribution in [0, 0.1) is 6.92 Å². The molecule has 6 heteroatoms. The van der Waals surface area contributed by atoms with Gasteiger partial charge in [0, 0.05) is 0 Å². The Hall–Kier alpha value is -3.80. The van der Waals surface area contributed by atoms with Crippen molar-refractivity contribution in [1.29, 1.82) is 0 Å². The highest BCUT2D eigenvalue weighted by Crippen LogP contribution is 2.42. The molecule has 0 aliphatic rings. The minimum Gasteiger partial charge on any atom is -0.478 e. The zero-order chi connectivity index (χ0) is 19.7. The standard InChI is InChI=1S/C21H18N2O4/c1-11-18(13-7-3-5-9-15(13)21(26)27)16(10-17(22)19(11)23)12-6-2-4-8-14(12)20(24)25/h2-10H,22-23H2,1H3,(H,24,25)(H,26,27). The van der Waals surface area contributed by atoms with Crippen molar-refractivity contribution in [2.75, 3.05) is 11.5 Å². The van der Waals surface area contributed by atoms with Crippen molar-refractivity contribution in [3.05, 3.63) is 71.3 Å². The second-order valence-corrected chi connectivity index (χ2v) is 6.13. The molecule has 0 radical (unpaired) electrons. The summed E-state index contributed by atoms with van der Waals surface area (Å²) < 4.78 is 0. The van der Waals surface area contributed by atoms with Gasteiger partial charge in [0.05, 0.1) is 22.5 Å². The first-order valence-corrected chi connectivity index (χ1v) is 8.16. The van der Waals surface area contributed by atoms with Crippen molar-refractivity contribution in [3.8, 4) is 22.3 Å². The average Bonchev–Trinajstić information content (AvgIpc) is 2.65. The summed E-state index contributed by atoms with van der Waals surface area (Å²) in [5.41, 5.74) is 15.5. The van der Waals surface area contributed by atoms with Crippen molar-refractivity contribution >= 4 is 23.3 Å². The fourth-order valence-corrected chi connectivity index (χ4v) is 3.21. The van der Waals surface area contributed by atoms with Gasteiger partial charge in [-0.15, -0.1) is 0 Å². The summed E-state index contributed by atoms with van der Waals surface area (Å²) in [6.07, 6.45) is 0. The third-order valence-corrected chi connectivity index (χ3v) is 4.53. The van der Waals surface area contributed by atoms with Crippen LogP contribution in [0.2, 0.25) is 0 Å². The van der Waals surface area contributed by atoms with Gasteiger partial charge < -0.3 is 21.7 Å². The van der Waals surface area contributed by atoms with Gasteiger partial charge in [-0.05, 0) is 52.9 Å². The summed E-state index contributed by atoms with van der Waals surface area (Å²) in [6, 6.07) is 14.6. The van der Waals surface area contributed by atoms with Crippen LogP contribution in [-0.4, -0.2) is 22.2 Å².